The summed E-state index contributed by atoms with van der Waals surface area (Å²) in [5, 5.41) is 5.55. The van der Waals surface area contributed by atoms with Crippen molar-refractivity contribution in [3.05, 3.63) is 72.2 Å². The molecule has 1 aromatic heterocycles. The van der Waals surface area contributed by atoms with Crippen LogP contribution >= 0.6 is 0 Å². The Labute approximate surface area is 251 Å². The molecule has 43 heavy (non-hydrogen) atoms. The molecule has 0 bridgehead atoms. The van der Waals surface area contributed by atoms with Gasteiger partial charge in [0, 0.05) is 32.4 Å². The van der Waals surface area contributed by atoms with Crippen molar-refractivity contribution in [1.29, 1.82) is 0 Å². The summed E-state index contributed by atoms with van der Waals surface area (Å²) in [6, 6.07) is 14.5. The van der Waals surface area contributed by atoms with E-state index in [2.05, 4.69) is 15.6 Å². The Morgan fingerprint density at radius 3 is 1.98 bits per heavy atom. The average molecular weight is 592 g/mol. The minimum atomic E-state index is -0.711. The molecule has 228 valence electrons. The molecule has 0 unspecified atom stereocenters. The zero-order valence-electron chi connectivity index (χ0n) is 25.4. The monoisotopic (exact) mass is 591 g/mol. The first-order valence-corrected chi connectivity index (χ1v) is 14.1. The Balaban J connectivity index is 1.47. The van der Waals surface area contributed by atoms with Crippen molar-refractivity contribution in [2.24, 2.45) is 0 Å². The number of piperazine rings is 1. The quantitative estimate of drug-likeness (QED) is 0.346. The van der Waals surface area contributed by atoms with E-state index >= 15 is 0 Å². The van der Waals surface area contributed by atoms with E-state index in [1.54, 1.807) is 68.1 Å². The van der Waals surface area contributed by atoms with Crippen LogP contribution in [0.5, 0.6) is 0 Å². The molecule has 4 rings (SSSR count). The number of aromatic nitrogens is 1. The highest BCUT2D eigenvalue weighted by atomic mass is 19.1. The third-order valence-corrected chi connectivity index (χ3v) is 6.35. The summed E-state index contributed by atoms with van der Waals surface area (Å²) in [6.07, 6.45) is 0.474. The normalized spacial score (nSPS) is 13.7. The van der Waals surface area contributed by atoms with Crippen molar-refractivity contribution >= 4 is 35.3 Å². The van der Waals surface area contributed by atoms with Crippen molar-refractivity contribution in [2.75, 3.05) is 41.7 Å². The molecule has 3 aromatic rings. The van der Waals surface area contributed by atoms with E-state index in [1.807, 2.05) is 25.7 Å². The minimum absolute atomic E-state index is 0.312. The number of hydrogen-bond donors (Lipinski definition) is 2. The summed E-state index contributed by atoms with van der Waals surface area (Å²) in [6.45, 7) is 12.9. The molecule has 0 aliphatic carbocycles. The lowest BCUT2D eigenvalue weighted by molar-refractivity contribution is 0.0240. The number of benzene rings is 2. The number of ether oxygens (including phenoxy) is 2. The first kappa shape index (κ1) is 31.3. The molecule has 2 aromatic carbocycles. The number of rotatable bonds is 5. The van der Waals surface area contributed by atoms with Crippen LogP contribution < -0.4 is 15.5 Å². The summed E-state index contributed by atoms with van der Waals surface area (Å²) in [5.41, 5.74) is 1.16. The topological polar surface area (TPSA) is 113 Å². The third kappa shape index (κ3) is 8.91. The predicted molar refractivity (Wildman–Crippen MR) is 164 cm³/mol. The van der Waals surface area contributed by atoms with Gasteiger partial charge in [-0.1, -0.05) is 18.2 Å². The molecule has 0 spiro atoms. The minimum Gasteiger partial charge on any atom is -0.444 e. The Morgan fingerprint density at radius 2 is 1.40 bits per heavy atom. The lowest BCUT2D eigenvalue weighted by Gasteiger charge is -2.36. The zero-order valence-corrected chi connectivity index (χ0v) is 25.4. The molecule has 11 heteroatoms. The smallest absolute Gasteiger partial charge is 0.412 e. The van der Waals surface area contributed by atoms with Crippen LogP contribution in [-0.2, 0) is 9.47 Å². The SMILES string of the molecule is CC(C)(C)OC(=O)Nc1ccc(-c2ccc(F)cc2)cc1NC(=O)c1ccc(N2CCN(C(=O)OC(C)(C)C)CC2)nc1. The third-order valence-electron chi connectivity index (χ3n) is 6.35. The van der Waals surface area contributed by atoms with Crippen LogP contribution in [0.4, 0.5) is 31.2 Å². The Hall–Kier alpha value is -4.67. The maximum atomic E-state index is 13.5. The first-order valence-electron chi connectivity index (χ1n) is 14.1. The van der Waals surface area contributed by atoms with Gasteiger partial charge in [-0.3, -0.25) is 10.1 Å². The fraction of sp³-hybridized carbons (Fsp3) is 0.375. The lowest BCUT2D eigenvalue weighted by Crippen LogP contribution is -2.50. The second-order valence-electron chi connectivity index (χ2n) is 12.2. The van der Waals surface area contributed by atoms with Gasteiger partial charge in [-0.15, -0.1) is 0 Å². The molecule has 1 aliphatic rings. The number of hydrogen-bond acceptors (Lipinski definition) is 7. The van der Waals surface area contributed by atoms with Gasteiger partial charge in [-0.25, -0.2) is 19.0 Å². The van der Waals surface area contributed by atoms with Crippen molar-refractivity contribution in [3.63, 3.8) is 0 Å². The molecule has 1 saturated heterocycles. The number of nitrogens with zero attached hydrogens (tertiary/aromatic N) is 3. The van der Waals surface area contributed by atoms with Crippen molar-refractivity contribution in [1.82, 2.24) is 9.88 Å². The number of carbonyl (C=O) groups is 3. The van der Waals surface area contributed by atoms with Gasteiger partial charge in [0.1, 0.15) is 22.8 Å². The number of nitrogens with one attached hydrogen (secondary N) is 2. The highest BCUT2D eigenvalue weighted by molar-refractivity contribution is 6.07. The fourth-order valence-electron chi connectivity index (χ4n) is 4.34. The molecule has 3 amide bonds. The molecule has 0 radical (unpaired) electrons. The molecular weight excluding hydrogens is 553 g/mol. The molecule has 0 saturated carbocycles. The van der Waals surface area contributed by atoms with E-state index in [1.165, 1.54) is 18.3 Å². The molecule has 1 aliphatic heterocycles. The van der Waals surface area contributed by atoms with Gasteiger partial charge in [0.2, 0.25) is 0 Å². The zero-order chi connectivity index (χ0) is 31.4. The van der Waals surface area contributed by atoms with Crippen LogP contribution in [0, 0.1) is 5.82 Å². The highest BCUT2D eigenvalue weighted by Gasteiger charge is 2.26. The van der Waals surface area contributed by atoms with E-state index in [0.29, 0.717) is 54.5 Å². The summed E-state index contributed by atoms with van der Waals surface area (Å²) in [7, 11) is 0. The largest absolute Gasteiger partial charge is 0.444 e. The number of carbonyl (C=O) groups excluding carboxylic acids is 3. The molecule has 0 atom stereocenters. The van der Waals surface area contributed by atoms with Crippen LogP contribution in [0.2, 0.25) is 0 Å². The molecule has 2 heterocycles. The predicted octanol–water partition coefficient (Wildman–Crippen LogP) is 6.54. The number of pyridine rings is 1. The van der Waals surface area contributed by atoms with Crippen molar-refractivity contribution < 1.29 is 28.2 Å². The van der Waals surface area contributed by atoms with Crippen LogP contribution in [0.15, 0.2) is 60.8 Å². The van der Waals surface area contributed by atoms with Gasteiger partial charge in [0.05, 0.1) is 16.9 Å². The maximum Gasteiger partial charge on any atom is 0.412 e. The van der Waals surface area contributed by atoms with Crippen molar-refractivity contribution in [3.8, 4) is 11.1 Å². The summed E-state index contributed by atoms with van der Waals surface area (Å²) in [5.74, 6) is -0.107. The van der Waals surface area contributed by atoms with Gasteiger partial charge in [-0.05, 0) is 89.1 Å². The van der Waals surface area contributed by atoms with E-state index in [0.717, 1.165) is 5.56 Å². The standard InChI is InChI=1S/C32H38FN5O5/c1-31(2,3)42-29(40)36-25-13-9-22(21-7-11-24(33)12-8-21)19-26(25)35-28(39)23-10-14-27(34-20-23)37-15-17-38(18-16-37)30(41)43-32(4,5)6/h7-14,19-20H,15-18H2,1-6H3,(H,35,39)(H,36,40). The van der Waals surface area contributed by atoms with E-state index in [9.17, 15) is 18.8 Å². The molecule has 2 N–H and O–H groups in total. The van der Waals surface area contributed by atoms with E-state index < -0.39 is 23.2 Å². The molecular formula is C32H38FN5O5. The second kappa shape index (κ2) is 12.7. The van der Waals surface area contributed by atoms with Crippen LogP contribution in [0.25, 0.3) is 11.1 Å². The second-order valence-corrected chi connectivity index (χ2v) is 12.2. The van der Waals surface area contributed by atoms with Crippen LogP contribution in [0.1, 0.15) is 51.9 Å². The van der Waals surface area contributed by atoms with E-state index in [4.69, 9.17) is 9.47 Å². The first-order chi connectivity index (χ1) is 20.2. The van der Waals surface area contributed by atoms with Gasteiger partial charge >= 0.3 is 12.2 Å². The Bertz CT molecular complexity index is 1460. The van der Waals surface area contributed by atoms with Crippen LogP contribution in [0.3, 0.4) is 0 Å². The summed E-state index contributed by atoms with van der Waals surface area (Å²) < 4.78 is 24.3. The van der Waals surface area contributed by atoms with Gasteiger partial charge in [0.15, 0.2) is 0 Å². The molecule has 10 nitrogen and oxygen atoms in total. The van der Waals surface area contributed by atoms with Gasteiger partial charge in [-0.2, -0.15) is 0 Å². The highest BCUT2D eigenvalue weighted by Crippen LogP contribution is 2.30. The van der Waals surface area contributed by atoms with Gasteiger partial charge < -0.3 is 24.6 Å². The Kier molecular flexibility index (Phi) is 9.22. The maximum absolute atomic E-state index is 13.5. The number of amides is 3. The summed E-state index contributed by atoms with van der Waals surface area (Å²) in [4.78, 5) is 46.3. The number of anilines is 3. The summed E-state index contributed by atoms with van der Waals surface area (Å²) >= 11 is 0. The van der Waals surface area contributed by atoms with Gasteiger partial charge in [0.25, 0.3) is 5.91 Å². The van der Waals surface area contributed by atoms with Crippen LogP contribution in [-0.4, -0.2) is 65.4 Å². The lowest BCUT2D eigenvalue weighted by atomic mass is 10.0. The Morgan fingerprint density at radius 1 is 0.767 bits per heavy atom. The van der Waals surface area contributed by atoms with E-state index in [-0.39, 0.29) is 11.9 Å². The molecule has 1 fully saturated rings. The van der Waals surface area contributed by atoms with Crippen molar-refractivity contribution in [2.45, 2.75) is 52.7 Å². The number of halogens is 1. The fourth-order valence-corrected chi connectivity index (χ4v) is 4.34. The average Bonchev–Trinajstić information content (AvgIpc) is 2.92.